The predicted octanol–water partition coefficient (Wildman–Crippen LogP) is 3.98. The van der Waals surface area contributed by atoms with Gasteiger partial charge in [0.25, 0.3) is 11.6 Å². The lowest BCUT2D eigenvalue weighted by atomic mass is 10.1. The minimum absolute atomic E-state index is 0.0281. The third-order valence-corrected chi connectivity index (χ3v) is 3.79. The van der Waals surface area contributed by atoms with Gasteiger partial charge in [0.1, 0.15) is 17.3 Å². The van der Waals surface area contributed by atoms with Crippen molar-refractivity contribution in [2.24, 2.45) is 5.10 Å². The molecule has 0 bridgehead atoms. The number of nitrogens with zero attached hydrogens (tertiary/aromatic N) is 2. The highest BCUT2D eigenvalue weighted by atomic mass is 35.5. The van der Waals surface area contributed by atoms with Crippen LogP contribution >= 0.6 is 11.6 Å². The van der Waals surface area contributed by atoms with Crippen LogP contribution in [0.4, 0.5) is 5.69 Å². The Morgan fingerprint density at radius 2 is 2.00 bits per heavy atom. The number of furan rings is 1. The maximum Gasteiger partial charge on any atom is 0.280 e. The van der Waals surface area contributed by atoms with Crippen LogP contribution in [0.25, 0.3) is 11.3 Å². The fourth-order valence-corrected chi connectivity index (χ4v) is 2.49. The van der Waals surface area contributed by atoms with Crippen molar-refractivity contribution >= 4 is 29.4 Å². The van der Waals surface area contributed by atoms with Crippen molar-refractivity contribution < 1.29 is 19.2 Å². The van der Waals surface area contributed by atoms with Crippen molar-refractivity contribution in [2.45, 2.75) is 0 Å². The molecule has 3 aromatic rings. The molecular formula is C18H12ClN3O5. The first kappa shape index (κ1) is 18.2. The van der Waals surface area contributed by atoms with Gasteiger partial charge in [-0.2, -0.15) is 5.10 Å². The van der Waals surface area contributed by atoms with E-state index in [1.807, 2.05) is 0 Å². The normalized spacial score (nSPS) is 10.9. The highest BCUT2D eigenvalue weighted by Crippen LogP contribution is 2.30. The summed E-state index contributed by atoms with van der Waals surface area (Å²) in [6.45, 7) is 0. The maximum absolute atomic E-state index is 12.0. The molecule has 0 unspecified atom stereocenters. The van der Waals surface area contributed by atoms with Crippen molar-refractivity contribution in [1.29, 1.82) is 0 Å². The fraction of sp³-hybridized carbons (Fsp3) is 0. The second-order valence-electron chi connectivity index (χ2n) is 5.34. The zero-order chi connectivity index (χ0) is 19.4. The quantitative estimate of drug-likeness (QED) is 0.391. The third kappa shape index (κ3) is 4.13. The molecule has 0 saturated carbocycles. The Bertz CT molecular complexity index is 1040. The number of carbonyl (C=O) groups excluding carboxylic acids is 1. The van der Waals surface area contributed by atoms with Gasteiger partial charge in [-0.25, -0.2) is 5.43 Å². The number of hydrogen-bond donors (Lipinski definition) is 2. The van der Waals surface area contributed by atoms with Gasteiger partial charge in [-0.05, 0) is 36.4 Å². The first-order chi connectivity index (χ1) is 13.0. The van der Waals surface area contributed by atoms with Gasteiger partial charge in [-0.15, -0.1) is 0 Å². The Kier molecular flexibility index (Phi) is 5.18. The van der Waals surface area contributed by atoms with Crippen molar-refractivity contribution in [3.05, 3.63) is 81.1 Å². The number of hydrazone groups is 1. The van der Waals surface area contributed by atoms with Gasteiger partial charge < -0.3 is 9.52 Å². The number of halogens is 1. The molecule has 0 saturated heterocycles. The second kappa shape index (κ2) is 7.71. The standard InChI is InChI=1S/C18H12ClN3O5/c19-11-5-7-16(23)14(9-11)18(24)21-20-10-12-6-8-17(27-12)13-3-1-2-4-15(13)22(25)26/h1-10,23H,(H,21,24)/b20-10+. The average Bonchev–Trinajstić information content (AvgIpc) is 3.12. The van der Waals surface area contributed by atoms with E-state index in [1.54, 1.807) is 30.3 Å². The lowest BCUT2D eigenvalue weighted by molar-refractivity contribution is -0.384. The number of aromatic hydroxyl groups is 1. The van der Waals surface area contributed by atoms with Crippen LogP contribution in [0.2, 0.25) is 5.02 Å². The molecule has 0 fully saturated rings. The van der Waals surface area contributed by atoms with Gasteiger partial charge in [0.05, 0.1) is 22.3 Å². The molecule has 0 spiro atoms. The van der Waals surface area contributed by atoms with Gasteiger partial charge in [-0.3, -0.25) is 14.9 Å². The Morgan fingerprint density at radius 1 is 1.22 bits per heavy atom. The summed E-state index contributed by atoms with van der Waals surface area (Å²) < 4.78 is 5.52. The Labute approximate surface area is 157 Å². The number of nitrogens with one attached hydrogen (secondary N) is 1. The number of benzene rings is 2. The molecule has 0 aliphatic carbocycles. The molecule has 8 nitrogen and oxygen atoms in total. The largest absolute Gasteiger partial charge is 0.507 e. The molecule has 1 amide bonds. The van der Waals surface area contributed by atoms with E-state index in [-0.39, 0.29) is 22.8 Å². The minimum atomic E-state index is -0.656. The van der Waals surface area contributed by atoms with Crippen LogP contribution in [0.5, 0.6) is 5.75 Å². The van der Waals surface area contributed by atoms with Crippen LogP contribution in [-0.4, -0.2) is 22.2 Å². The highest BCUT2D eigenvalue weighted by Gasteiger charge is 2.17. The van der Waals surface area contributed by atoms with Gasteiger partial charge in [0.15, 0.2) is 0 Å². The van der Waals surface area contributed by atoms with E-state index in [9.17, 15) is 20.0 Å². The molecule has 3 rings (SSSR count). The monoisotopic (exact) mass is 385 g/mol. The number of hydrogen-bond acceptors (Lipinski definition) is 6. The lowest BCUT2D eigenvalue weighted by Crippen LogP contribution is -2.17. The van der Waals surface area contributed by atoms with Crippen LogP contribution < -0.4 is 5.43 Å². The average molecular weight is 386 g/mol. The summed E-state index contributed by atoms with van der Waals surface area (Å²) in [6.07, 6.45) is 1.23. The van der Waals surface area contributed by atoms with E-state index in [1.165, 1.54) is 30.5 Å². The molecule has 0 aliphatic heterocycles. The number of nitro groups is 1. The summed E-state index contributed by atoms with van der Waals surface area (Å²) in [7, 11) is 0. The smallest absolute Gasteiger partial charge is 0.280 e. The summed E-state index contributed by atoms with van der Waals surface area (Å²) in [6, 6.07) is 13.3. The number of para-hydroxylation sites is 1. The van der Waals surface area contributed by atoms with Crippen molar-refractivity contribution in [3.8, 4) is 17.1 Å². The predicted molar refractivity (Wildman–Crippen MR) is 99.0 cm³/mol. The van der Waals surface area contributed by atoms with Gasteiger partial charge in [0, 0.05) is 11.1 Å². The molecule has 9 heteroatoms. The highest BCUT2D eigenvalue weighted by molar-refractivity contribution is 6.31. The molecule has 0 aliphatic rings. The zero-order valence-corrected chi connectivity index (χ0v) is 14.4. The number of carbonyl (C=O) groups is 1. The summed E-state index contributed by atoms with van der Waals surface area (Å²) in [5.41, 5.74) is 2.46. The molecule has 0 atom stereocenters. The van der Waals surface area contributed by atoms with E-state index in [4.69, 9.17) is 16.0 Å². The SMILES string of the molecule is O=C(N/N=C/c1ccc(-c2ccccc2[N+](=O)[O-])o1)c1cc(Cl)ccc1O. The second-order valence-corrected chi connectivity index (χ2v) is 5.77. The van der Waals surface area contributed by atoms with E-state index in [0.717, 1.165) is 0 Å². The topological polar surface area (TPSA) is 118 Å². The van der Waals surface area contributed by atoms with Crippen LogP contribution in [0.3, 0.4) is 0 Å². The third-order valence-electron chi connectivity index (χ3n) is 3.55. The van der Waals surface area contributed by atoms with E-state index < -0.39 is 10.8 Å². The lowest BCUT2D eigenvalue weighted by Gasteiger charge is -2.02. The van der Waals surface area contributed by atoms with Crippen molar-refractivity contribution in [3.63, 3.8) is 0 Å². The molecular weight excluding hydrogens is 374 g/mol. The number of rotatable bonds is 5. The van der Waals surface area contributed by atoms with Gasteiger partial charge in [-0.1, -0.05) is 23.7 Å². The Balaban J connectivity index is 1.74. The summed E-state index contributed by atoms with van der Waals surface area (Å²) in [5, 5.41) is 24.8. The van der Waals surface area contributed by atoms with Crippen LogP contribution in [0.1, 0.15) is 16.1 Å². The molecule has 27 heavy (non-hydrogen) atoms. The number of phenolic OH excluding ortho intramolecular Hbond substituents is 1. The van der Waals surface area contributed by atoms with Gasteiger partial charge >= 0.3 is 0 Å². The van der Waals surface area contributed by atoms with Gasteiger partial charge in [0.2, 0.25) is 0 Å². The molecule has 1 aromatic heterocycles. The Hall–Kier alpha value is -3.65. The van der Waals surface area contributed by atoms with Crippen LogP contribution in [-0.2, 0) is 0 Å². The van der Waals surface area contributed by atoms with E-state index >= 15 is 0 Å². The van der Waals surface area contributed by atoms with Crippen molar-refractivity contribution in [2.75, 3.05) is 0 Å². The first-order valence-corrected chi connectivity index (χ1v) is 7.99. The fourth-order valence-electron chi connectivity index (χ4n) is 2.31. The molecule has 136 valence electrons. The molecule has 2 N–H and O–H groups in total. The molecule has 1 heterocycles. The van der Waals surface area contributed by atoms with E-state index in [0.29, 0.717) is 16.3 Å². The van der Waals surface area contributed by atoms with Crippen LogP contribution in [0.15, 0.2) is 64.1 Å². The number of nitro benzene ring substituents is 1. The molecule has 2 aromatic carbocycles. The van der Waals surface area contributed by atoms with Crippen molar-refractivity contribution in [1.82, 2.24) is 5.43 Å². The summed E-state index contributed by atoms with van der Waals surface area (Å²) in [4.78, 5) is 22.6. The summed E-state index contributed by atoms with van der Waals surface area (Å²) in [5.74, 6) is -0.318. The Morgan fingerprint density at radius 3 is 2.78 bits per heavy atom. The maximum atomic E-state index is 12.0. The molecule has 0 radical (unpaired) electrons. The zero-order valence-electron chi connectivity index (χ0n) is 13.6. The summed E-state index contributed by atoms with van der Waals surface area (Å²) >= 11 is 5.79. The van der Waals surface area contributed by atoms with E-state index in [2.05, 4.69) is 10.5 Å². The van der Waals surface area contributed by atoms with Crippen LogP contribution in [0, 0.1) is 10.1 Å². The first-order valence-electron chi connectivity index (χ1n) is 7.61. The minimum Gasteiger partial charge on any atom is -0.507 e. The number of amides is 1. The number of phenols is 1.